The molecular formula is C14H18ClN3O2S. The maximum absolute atomic E-state index is 12.8. The molecule has 1 fully saturated rings. The predicted octanol–water partition coefficient (Wildman–Crippen LogP) is 1.64. The summed E-state index contributed by atoms with van der Waals surface area (Å²) in [5.41, 5.74) is 0. The van der Waals surface area contributed by atoms with Crippen LogP contribution in [0, 0.1) is 0 Å². The van der Waals surface area contributed by atoms with Crippen molar-refractivity contribution in [2.45, 2.75) is 17.9 Å². The van der Waals surface area contributed by atoms with E-state index in [9.17, 15) is 8.42 Å². The van der Waals surface area contributed by atoms with E-state index in [1.165, 1.54) is 0 Å². The van der Waals surface area contributed by atoms with Crippen LogP contribution in [-0.4, -0.2) is 43.4 Å². The molecule has 0 saturated carbocycles. The first kappa shape index (κ1) is 16.2. The Bertz CT molecular complexity index is 731. The number of halogens is 1. The second-order valence-corrected chi connectivity index (χ2v) is 6.98. The zero-order chi connectivity index (χ0) is 14.2. The molecule has 1 saturated heterocycles. The van der Waals surface area contributed by atoms with E-state index in [4.69, 9.17) is 0 Å². The van der Waals surface area contributed by atoms with Crippen molar-refractivity contribution in [1.29, 1.82) is 0 Å². The second-order valence-electron chi connectivity index (χ2n) is 5.07. The van der Waals surface area contributed by atoms with E-state index in [1.54, 1.807) is 34.9 Å². The molecule has 1 N–H and O–H groups in total. The lowest BCUT2D eigenvalue weighted by Gasteiger charge is -2.31. The van der Waals surface area contributed by atoms with Gasteiger partial charge in [0.15, 0.2) is 0 Å². The minimum atomic E-state index is -3.46. The van der Waals surface area contributed by atoms with Crippen molar-refractivity contribution in [1.82, 2.24) is 14.6 Å². The quantitative estimate of drug-likeness (QED) is 0.911. The average molecular weight is 328 g/mol. The molecule has 1 atom stereocenters. The van der Waals surface area contributed by atoms with Crippen LogP contribution in [0.1, 0.15) is 6.92 Å². The summed E-state index contributed by atoms with van der Waals surface area (Å²) in [7, 11) is -3.46. The first-order chi connectivity index (χ1) is 9.59. The summed E-state index contributed by atoms with van der Waals surface area (Å²) >= 11 is 0. The van der Waals surface area contributed by atoms with E-state index in [0.29, 0.717) is 24.5 Å². The third-order valence-electron chi connectivity index (χ3n) is 3.59. The monoisotopic (exact) mass is 327 g/mol. The average Bonchev–Trinajstić information content (AvgIpc) is 2.46. The van der Waals surface area contributed by atoms with Crippen LogP contribution in [0.3, 0.4) is 0 Å². The van der Waals surface area contributed by atoms with Gasteiger partial charge in [-0.15, -0.1) is 12.4 Å². The number of nitrogens with one attached hydrogen (secondary N) is 1. The topological polar surface area (TPSA) is 62.3 Å². The molecule has 0 radical (unpaired) electrons. The summed E-state index contributed by atoms with van der Waals surface area (Å²) in [4.78, 5) is 4.41. The highest BCUT2D eigenvalue weighted by Crippen LogP contribution is 2.25. The molecule has 1 aromatic heterocycles. The summed E-state index contributed by atoms with van der Waals surface area (Å²) in [5, 5.41) is 4.83. The number of fused-ring (bicyclic) bond motifs is 1. The molecule has 114 valence electrons. The fourth-order valence-corrected chi connectivity index (χ4v) is 4.32. The van der Waals surface area contributed by atoms with Crippen molar-refractivity contribution in [3.63, 3.8) is 0 Å². The Morgan fingerprint density at radius 3 is 2.90 bits per heavy atom. The van der Waals surface area contributed by atoms with Crippen molar-refractivity contribution in [2.24, 2.45) is 0 Å². The largest absolute Gasteiger partial charge is 0.312 e. The molecule has 1 aliphatic rings. The van der Waals surface area contributed by atoms with Crippen molar-refractivity contribution < 1.29 is 8.42 Å². The van der Waals surface area contributed by atoms with Crippen LogP contribution in [0.2, 0.25) is 0 Å². The highest BCUT2D eigenvalue weighted by Gasteiger charge is 2.29. The van der Waals surface area contributed by atoms with Gasteiger partial charge in [0.1, 0.15) is 0 Å². The molecule has 0 spiro atoms. The van der Waals surface area contributed by atoms with Crippen LogP contribution >= 0.6 is 12.4 Å². The molecule has 2 aromatic rings. The van der Waals surface area contributed by atoms with Gasteiger partial charge in [0.25, 0.3) is 0 Å². The minimum Gasteiger partial charge on any atom is -0.312 e. The SMILES string of the molecule is C[C@@H]1CN(S(=O)(=O)c2cccc3cnccc23)CCN1.Cl. The van der Waals surface area contributed by atoms with Crippen LogP contribution in [0.5, 0.6) is 0 Å². The van der Waals surface area contributed by atoms with Gasteiger partial charge in [-0.3, -0.25) is 4.98 Å². The van der Waals surface area contributed by atoms with E-state index in [1.807, 2.05) is 13.0 Å². The first-order valence-corrected chi connectivity index (χ1v) is 8.09. The molecule has 1 aromatic carbocycles. The molecule has 21 heavy (non-hydrogen) atoms. The molecule has 0 amide bonds. The summed E-state index contributed by atoms with van der Waals surface area (Å²) in [6.45, 7) is 3.69. The van der Waals surface area contributed by atoms with E-state index in [-0.39, 0.29) is 18.4 Å². The first-order valence-electron chi connectivity index (χ1n) is 6.65. The molecule has 0 aliphatic carbocycles. The molecule has 2 heterocycles. The van der Waals surface area contributed by atoms with Gasteiger partial charge in [-0.25, -0.2) is 8.42 Å². The lowest BCUT2D eigenvalue weighted by molar-refractivity contribution is 0.310. The Balaban J connectivity index is 0.00000161. The smallest absolute Gasteiger partial charge is 0.243 e. The van der Waals surface area contributed by atoms with Crippen LogP contribution in [0.15, 0.2) is 41.6 Å². The van der Waals surface area contributed by atoms with Crippen molar-refractivity contribution in [3.05, 3.63) is 36.7 Å². The number of nitrogens with zero attached hydrogens (tertiary/aromatic N) is 2. The number of rotatable bonds is 2. The van der Waals surface area contributed by atoms with E-state index in [0.717, 1.165) is 10.8 Å². The Morgan fingerprint density at radius 2 is 2.14 bits per heavy atom. The van der Waals surface area contributed by atoms with E-state index < -0.39 is 10.0 Å². The summed E-state index contributed by atoms with van der Waals surface area (Å²) in [6.07, 6.45) is 3.32. The summed E-state index contributed by atoms with van der Waals surface area (Å²) < 4.78 is 27.2. The summed E-state index contributed by atoms with van der Waals surface area (Å²) in [6, 6.07) is 7.25. The highest BCUT2D eigenvalue weighted by atomic mass is 35.5. The van der Waals surface area contributed by atoms with Crippen LogP contribution in [0.4, 0.5) is 0 Å². The van der Waals surface area contributed by atoms with Gasteiger partial charge >= 0.3 is 0 Å². The Hall–Kier alpha value is -1.21. The fraction of sp³-hybridized carbons (Fsp3) is 0.357. The highest BCUT2D eigenvalue weighted by molar-refractivity contribution is 7.89. The van der Waals surface area contributed by atoms with Gasteiger partial charge in [0.05, 0.1) is 4.90 Å². The standard InChI is InChI=1S/C14H17N3O2S.ClH/c1-11-10-17(8-7-16-11)20(18,19)14-4-2-3-12-9-15-6-5-13(12)14;/h2-6,9,11,16H,7-8,10H2,1H3;1H/t11-;/m1./s1. The minimum absolute atomic E-state index is 0. The van der Waals surface area contributed by atoms with Gasteiger partial charge < -0.3 is 5.32 Å². The van der Waals surface area contributed by atoms with Gasteiger partial charge in [-0.05, 0) is 19.1 Å². The number of benzene rings is 1. The third-order valence-corrected chi connectivity index (χ3v) is 5.51. The Morgan fingerprint density at radius 1 is 1.33 bits per heavy atom. The van der Waals surface area contributed by atoms with Gasteiger partial charge in [0, 0.05) is 48.8 Å². The van der Waals surface area contributed by atoms with E-state index >= 15 is 0 Å². The van der Waals surface area contributed by atoms with Gasteiger partial charge in [-0.2, -0.15) is 4.31 Å². The summed E-state index contributed by atoms with van der Waals surface area (Å²) in [5.74, 6) is 0. The van der Waals surface area contributed by atoms with Crippen LogP contribution in [-0.2, 0) is 10.0 Å². The number of piperazine rings is 1. The molecule has 7 heteroatoms. The number of aromatic nitrogens is 1. The molecular weight excluding hydrogens is 310 g/mol. The third kappa shape index (κ3) is 3.03. The second kappa shape index (κ2) is 6.27. The lowest BCUT2D eigenvalue weighted by Crippen LogP contribution is -2.51. The number of pyridine rings is 1. The molecule has 5 nitrogen and oxygen atoms in total. The molecule has 1 aliphatic heterocycles. The zero-order valence-corrected chi connectivity index (χ0v) is 13.3. The Kier molecular flexibility index (Phi) is 4.83. The fourth-order valence-electron chi connectivity index (χ4n) is 2.57. The predicted molar refractivity (Wildman–Crippen MR) is 85.2 cm³/mol. The number of hydrogen-bond donors (Lipinski definition) is 1. The van der Waals surface area contributed by atoms with Crippen molar-refractivity contribution in [2.75, 3.05) is 19.6 Å². The number of sulfonamides is 1. The lowest BCUT2D eigenvalue weighted by atomic mass is 10.2. The molecule has 3 rings (SSSR count). The maximum atomic E-state index is 12.8. The van der Waals surface area contributed by atoms with Crippen LogP contribution < -0.4 is 5.32 Å². The number of hydrogen-bond acceptors (Lipinski definition) is 4. The van der Waals surface area contributed by atoms with Crippen molar-refractivity contribution >= 4 is 33.2 Å². The van der Waals surface area contributed by atoms with E-state index in [2.05, 4.69) is 10.3 Å². The van der Waals surface area contributed by atoms with Gasteiger partial charge in [0.2, 0.25) is 10.0 Å². The molecule has 0 bridgehead atoms. The normalized spacial score (nSPS) is 20.1. The Labute approximate surface area is 130 Å². The van der Waals surface area contributed by atoms with Gasteiger partial charge in [-0.1, -0.05) is 12.1 Å². The van der Waals surface area contributed by atoms with Crippen molar-refractivity contribution in [3.8, 4) is 0 Å². The maximum Gasteiger partial charge on any atom is 0.243 e. The van der Waals surface area contributed by atoms with Crippen LogP contribution in [0.25, 0.3) is 10.8 Å². The zero-order valence-electron chi connectivity index (χ0n) is 11.7. The molecule has 0 unspecified atom stereocenters.